The third-order valence-corrected chi connectivity index (χ3v) is 1.75. The van der Waals surface area contributed by atoms with E-state index in [1.165, 1.54) is 18.3 Å². The number of rotatable bonds is 1. The van der Waals surface area contributed by atoms with E-state index in [0.29, 0.717) is 5.69 Å². The molecule has 2 N–H and O–H groups in total. The van der Waals surface area contributed by atoms with Gasteiger partial charge in [-0.2, -0.15) is 13.2 Å². The number of aromatic nitrogens is 4. The van der Waals surface area contributed by atoms with Crippen LogP contribution in [0.15, 0.2) is 24.7 Å². The molecule has 2 rings (SSSR count). The maximum Gasteiger partial charge on any atom is 0.453 e. The zero-order valence-corrected chi connectivity index (χ0v) is 7.81. The Balaban J connectivity index is 2.35. The molecule has 84 valence electrons. The minimum absolute atomic E-state index is 0.220. The molecule has 0 aliphatic heterocycles. The van der Waals surface area contributed by atoms with E-state index in [-0.39, 0.29) is 5.82 Å². The Morgan fingerprint density at radius 2 is 1.94 bits per heavy atom. The summed E-state index contributed by atoms with van der Waals surface area (Å²) in [6.45, 7) is 0. The van der Waals surface area contributed by atoms with E-state index in [9.17, 15) is 13.2 Å². The minimum atomic E-state index is -4.56. The molecule has 0 saturated carbocycles. The summed E-state index contributed by atoms with van der Waals surface area (Å²) in [5.41, 5.74) is 5.81. The van der Waals surface area contributed by atoms with Gasteiger partial charge in [0.05, 0.1) is 11.9 Å². The molecular weight excluding hydrogens is 223 g/mol. The summed E-state index contributed by atoms with van der Waals surface area (Å²) in [6.07, 6.45) is -2.29. The van der Waals surface area contributed by atoms with Crippen LogP contribution in [0.3, 0.4) is 0 Å². The van der Waals surface area contributed by atoms with E-state index in [4.69, 9.17) is 5.73 Å². The molecule has 0 amide bonds. The second-order valence-electron chi connectivity index (χ2n) is 2.96. The van der Waals surface area contributed by atoms with Gasteiger partial charge in [0.25, 0.3) is 5.82 Å². The van der Waals surface area contributed by atoms with Gasteiger partial charge >= 0.3 is 6.18 Å². The van der Waals surface area contributed by atoms with Crippen LogP contribution >= 0.6 is 0 Å². The summed E-state index contributed by atoms with van der Waals surface area (Å²) in [4.78, 5) is 6.95. The maximum absolute atomic E-state index is 12.2. The average molecular weight is 229 g/mol. The van der Waals surface area contributed by atoms with Crippen molar-refractivity contribution in [2.24, 2.45) is 0 Å². The van der Waals surface area contributed by atoms with Gasteiger partial charge in [0.2, 0.25) is 0 Å². The molecule has 0 spiro atoms. The fourth-order valence-electron chi connectivity index (χ4n) is 1.04. The third kappa shape index (κ3) is 1.95. The topological polar surface area (TPSA) is 69.6 Å². The van der Waals surface area contributed by atoms with Crippen LogP contribution in [0.2, 0.25) is 0 Å². The highest BCUT2D eigenvalue weighted by Gasteiger charge is 2.35. The zero-order chi connectivity index (χ0) is 11.8. The van der Waals surface area contributed by atoms with Gasteiger partial charge in [-0.1, -0.05) is 0 Å². The van der Waals surface area contributed by atoms with Gasteiger partial charge in [0.15, 0.2) is 5.82 Å². The van der Waals surface area contributed by atoms with Crippen molar-refractivity contribution in [2.45, 2.75) is 6.18 Å². The lowest BCUT2D eigenvalue weighted by molar-refractivity contribution is -0.144. The second kappa shape index (κ2) is 3.47. The van der Waals surface area contributed by atoms with Crippen LogP contribution in [-0.2, 0) is 6.18 Å². The Bertz CT molecular complexity index is 487. The molecule has 0 atom stereocenters. The van der Waals surface area contributed by atoms with E-state index < -0.39 is 12.0 Å². The van der Waals surface area contributed by atoms with Crippen molar-refractivity contribution in [3.05, 3.63) is 30.5 Å². The summed E-state index contributed by atoms with van der Waals surface area (Å²) < 4.78 is 37.5. The van der Waals surface area contributed by atoms with Crippen molar-refractivity contribution in [1.29, 1.82) is 0 Å². The van der Waals surface area contributed by atoms with Crippen LogP contribution < -0.4 is 5.73 Å². The van der Waals surface area contributed by atoms with E-state index in [1.807, 2.05) is 0 Å². The molecule has 0 bridgehead atoms. The highest BCUT2D eigenvalue weighted by atomic mass is 19.4. The van der Waals surface area contributed by atoms with Crippen LogP contribution in [0.5, 0.6) is 0 Å². The number of alkyl halides is 3. The van der Waals surface area contributed by atoms with E-state index in [2.05, 4.69) is 15.1 Å². The number of nitrogens with two attached hydrogens (primary N) is 1. The molecule has 0 aliphatic carbocycles. The number of halogens is 3. The molecule has 0 fully saturated rings. The summed E-state index contributed by atoms with van der Waals surface area (Å²) in [5, 5.41) is 3.26. The number of pyridine rings is 1. The minimum Gasteiger partial charge on any atom is -0.397 e. The first-order valence-corrected chi connectivity index (χ1v) is 4.17. The molecule has 0 aliphatic rings. The summed E-state index contributed by atoms with van der Waals surface area (Å²) >= 11 is 0. The number of hydrogen-bond donors (Lipinski definition) is 1. The average Bonchev–Trinajstić information content (AvgIpc) is 2.67. The predicted octanol–water partition coefficient (Wildman–Crippen LogP) is 1.26. The molecule has 0 aromatic carbocycles. The summed E-state index contributed by atoms with van der Waals surface area (Å²) in [5.74, 6) is -0.983. The molecule has 16 heavy (non-hydrogen) atoms. The molecular formula is C8H6F3N5. The van der Waals surface area contributed by atoms with Crippen LogP contribution in [0.1, 0.15) is 5.82 Å². The predicted molar refractivity (Wildman–Crippen MR) is 48.6 cm³/mol. The Hall–Kier alpha value is -2.12. The molecule has 2 aromatic rings. The van der Waals surface area contributed by atoms with Crippen molar-refractivity contribution in [2.75, 3.05) is 5.73 Å². The van der Waals surface area contributed by atoms with Gasteiger partial charge in [-0.3, -0.25) is 0 Å². The van der Waals surface area contributed by atoms with Crippen molar-refractivity contribution < 1.29 is 13.2 Å². The number of anilines is 1. The fourth-order valence-corrected chi connectivity index (χ4v) is 1.04. The zero-order valence-electron chi connectivity index (χ0n) is 7.81. The fraction of sp³-hybridized carbons (Fsp3) is 0.125. The first-order chi connectivity index (χ1) is 7.47. The first-order valence-electron chi connectivity index (χ1n) is 4.17. The number of nitrogen functional groups attached to an aromatic ring is 1. The first kappa shape index (κ1) is 10.4. The second-order valence-corrected chi connectivity index (χ2v) is 2.96. The van der Waals surface area contributed by atoms with E-state index in [0.717, 1.165) is 11.0 Å². The van der Waals surface area contributed by atoms with Crippen LogP contribution in [0.25, 0.3) is 5.82 Å². The summed E-state index contributed by atoms with van der Waals surface area (Å²) in [7, 11) is 0. The quantitative estimate of drug-likeness (QED) is 0.799. The molecule has 0 saturated heterocycles. The smallest absolute Gasteiger partial charge is 0.397 e. The van der Waals surface area contributed by atoms with Gasteiger partial charge in [0.1, 0.15) is 6.33 Å². The Labute approximate surface area is 87.7 Å². The lowest BCUT2D eigenvalue weighted by Crippen LogP contribution is -2.09. The standard InChI is InChI=1S/C8H6F3N5/c9-8(10,11)7-14-4-16(15-7)6-2-1-5(12)3-13-6/h1-4H,12H2. The Kier molecular flexibility index (Phi) is 2.26. The van der Waals surface area contributed by atoms with E-state index >= 15 is 0 Å². The van der Waals surface area contributed by atoms with Gasteiger partial charge in [0, 0.05) is 0 Å². The summed E-state index contributed by atoms with van der Waals surface area (Å²) in [6, 6.07) is 2.96. The van der Waals surface area contributed by atoms with Crippen molar-refractivity contribution in [1.82, 2.24) is 19.7 Å². The van der Waals surface area contributed by atoms with Crippen LogP contribution in [0, 0.1) is 0 Å². The van der Waals surface area contributed by atoms with Crippen molar-refractivity contribution >= 4 is 5.69 Å². The van der Waals surface area contributed by atoms with Gasteiger partial charge in [-0.25, -0.2) is 14.6 Å². The normalized spacial score (nSPS) is 11.7. The third-order valence-electron chi connectivity index (χ3n) is 1.75. The molecule has 5 nitrogen and oxygen atoms in total. The van der Waals surface area contributed by atoms with Gasteiger partial charge in [-0.05, 0) is 12.1 Å². The Morgan fingerprint density at radius 3 is 2.44 bits per heavy atom. The van der Waals surface area contributed by atoms with Crippen LogP contribution in [0.4, 0.5) is 18.9 Å². The van der Waals surface area contributed by atoms with Crippen LogP contribution in [-0.4, -0.2) is 19.7 Å². The highest BCUT2D eigenvalue weighted by Crippen LogP contribution is 2.25. The molecule has 0 radical (unpaired) electrons. The SMILES string of the molecule is Nc1ccc(-n2cnc(C(F)(F)F)n2)nc1. The highest BCUT2D eigenvalue weighted by molar-refractivity contribution is 5.38. The molecule has 8 heteroatoms. The largest absolute Gasteiger partial charge is 0.453 e. The molecule has 0 unspecified atom stereocenters. The Morgan fingerprint density at radius 1 is 1.19 bits per heavy atom. The van der Waals surface area contributed by atoms with Gasteiger partial charge in [-0.15, -0.1) is 5.10 Å². The van der Waals surface area contributed by atoms with Gasteiger partial charge < -0.3 is 5.73 Å². The molecule has 2 aromatic heterocycles. The monoisotopic (exact) mass is 229 g/mol. The van der Waals surface area contributed by atoms with E-state index in [1.54, 1.807) is 0 Å². The lowest BCUT2D eigenvalue weighted by atomic mass is 10.4. The van der Waals surface area contributed by atoms with Crippen molar-refractivity contribution in [3.63, 3.8) is 0 Å². The maximum atomic E-state index is 12.2. The molecule has 2 heterocycles. The number of hydrogen-bond acceptors (Lipinski definition) is 4. The van der Waals surface area contributed by atoms with Crippen molar-refractivity contribution in [3.8, 4) is 5.82 Å². The number of nitrogens with zero attached hydrogens (tertiary/aromatic N) is 4. The lowest BCUT2D eigenvalue weighted by Gasteiger charge is -2.00.